The van der Waals surface area contributed by atoms with Crippen LogP contribution in [-0.2, 0) is 21.2 Å². The molecule has 0 amide bonds. The van der Waals surface area contributed by atoms with E-state index in [4.69, 9.17) is 16.3 Å². The summed E-state index contributed by atoms with van der Waals surface area (Å²) in [5.41, 5.74) is 3.10. The van der Waals surface area contributed by atoms with E-state index in [1.807, 2.05) is 18.2 Å². The third kappa shape index (κ3) is 7.72. The van der Waals surface area contributed by atoms with E-state index in [0.29, 0.717) is 21.9 Å². The Kier molecular flexibility index (Phi) is 10.6. The van der Waals surface area contributed by atoms with Crippen LogP contribution in [0, 0.1) is 19.8 Å². The number of anilines is 1. The minimum Gasteiger partial charge on any atom is -0.497 e. The predicted molar refractivity (Wildman–Crippen MR) is 155 cm³/mol. The van der Waals surface area contributed by atoms with Gasteiger partial charge in [0.2, 0.25) is 10.0 Å². The molecule has 0 atom stereocenters. The molecule has 3 rings (SSSR count). The number of piperidine rings is 1. The molecule has 38 heavy (non-hydrogen) atoms. The monoisotopic (exact) mass is 563 g/mol. The topological polar surface area (TPSA) is 70.2 Å². The van der Waals surface area contributed by atoms with Gasteiger partial charge in [-0.15, -0.1) is 0 Å². The van der Waals surface area contributed by atoms with Gasteiger partial charge in [-0.1, -0.05) is 17.7 Å². The van der Waals surface area contributed by atoms with Gasteiger partial charge in [0.05, 0.1) is 22.7 Å². The SMILES string of the molecule is COc1cc(C)c(S(=O)(=O)N(C)CCC(=O)Cc2ccc(N3CCC(CCN(C)C)CC3)c(Cl)c2)c(C)c1. The van der Waals surface area contributed by atoms with Crippen LogP contribution >= 0.6 is 11.6 Å². The zero-order valence-electron chi connectivity index (χ0n) is 23.6. The van der Waals surface area contributed by atoms with Gasteiger partial charge in [0.25, 0.3) is 0 Å². The molecule has 1 fully saturated rings. The van der Waals surface area contributed by atoms with Crippen LogP contribution in [0.2, 0.25) is 5.02 Å². The summed E-state index contributed by atoms with van der Waals surface area (Å²) < 4.78 is 32.9. The molecule has 0 saturated carbocycles. The van der Waals surface area contributed by atoms with E-state index < -0.39 is 10.0 Å². The molecule has 0 aromatic heterocycles. The van der Waals surface area contributed by atoms with Gasteiger partial charge in [0.1, 0.15) is 11.5 Å². The summed E-state index contributed by atoms with van der Waals surface area (Å²) in [5.74, 6) is 1.34. The first-order valence-corrected chi connectivity index (χ1v) is 15.1. The Bertz CT molecular complexity index is 1200. The van der Waals surface area contributed by atoms with Gasteiger partial charge in [0, 0.05) is 39.5 Å². The van der Waals surface area contributed by atoms with Crippen molar-refractivity contribution in [2.24, 2.45) is 5.92 Å². The van der Waals surface area contributed by atoms with Crippen molar-refractivity contribution in [2.75, 3.05) is 59.3 Å². The van der Waals surface area contributed by atoms with Crippen LogP contribution in [0.4, 0.5) is 5.69 Å². The van der Waals surface area contributed by atoms with E-state index in [0.717, 1.165) is 49.6 Å². The fraction of sp³-hybridized carbons (Fsp3) is 0.552. The van der Waals surface area contributed by atoms with E-state index >= 15 is 0 Å². The number of Topliss-reactive ketones (excluding diaryl/α,β-unsaturated/α-hetero) is 1. The molecule has 1 saturated heterocycles. The van der Waals surface area contributed by atoms with Crippen LogP contribution in [0.15, 0.2) is 35.2 Å². The Morgan fingerprint density at radius 1 is 1.05 bits per heavy atom. The Labute approximate surface area is 233 Å². The third-order valence-electron chi connectivity index (χ3n) is 7.40. The van der Waals surface area contributed by atoms with Crippen molar-refractivity contribution in [3.63, 3.8) is 0 Å². The maximum Gasteiger partial charge on any atom is 0.243 e. The molecule has 2 aromatic carbocycles. The van der Waals surface area contributed by atoms with Gasteiger partial charge in [0.15, 0.2) is 0 Å². The molecule has 1 aliphatic rings. The quantitative estimate of drug-likeness (QED) is 0.364. The molecule has 0 bridgehead atoms. The standard InChI is InChI=1S/C29H42ClN3O4S/c1-21-17-26(37-6)18-22(2)29(21)38(35,36)32(5)14-12-25(34)19-24-7-8-28(27(30)20-24)33-15-10-23(11-16-33)9-13-31(3)4/h7-8,17-18,20,23H,9-16,19H2,1-6H3. The Balaban J connectivity index is 1.55. The highest BCUT2D eigenvalue weighted by molar-refractivity contribution is 7.89. The summed E-state index contributed by atoms with van der Waals surface area (Å²) in [6, 6.07) is 9.26. The third-order valence-corrected chi connectivity index (χ3v) is 9.86. The lowest BCUT2D eigenvalue weighted by molar-refractivity contribution is -0.118. The molecule has 0 spiro atoms. The van der Waals surface area contributed by atoms with Crippen molar-refractivity contribution in [3.8, 4) is 5.75 Å². The predicted octanol–water partition coefficient (Wildman–Crippen LogP) is 4.96. The van der Waals surface area contributed by atoms with Crippen LogP contribution in [0.25, 0.3) is 0 Å². The van der Waals surface area contributed by atoms with Crippen molar-refractivity contribution >= 4 is 33.1 Å². The highest BCUT2D eigenvalue weighted by Gasteiger charge is 2.26. The van der Waals surface area contributed by atoms with Crippen molar-refractivity contribution in [1.82, 2.24) is 9.21 Å². The molecule has 210 valence electrons. The maximum absolute atomic E-state index is 13.2. The number of carbonyl (C=O) groups excluding carboxylic acids is 1. The highest BCUT2D eigenvalue weighted by Crippen LogP contribution is 2.32. The average Bonchev–Trinajstić information content (AvgIpc) is 2.85. The van der Waals surface area contributed by atoms with Gasteiger partial charge in [-0.2, -0.15) is 0 Å². The van der Waals surface area contributed by atoms with Gasteiger partial charge >= 0.3 is 0 Å². The summed E-state index contributed by atoms with van der Waals surface area (Å²) in [6.45, 7) is 6.72. The van der Waals surface area contributed by atoms with E-state index in [2.05, 4.69) is 23.9 Å². The van der Waals surface area contributed by atoms with Crippen LogP contribution < -0.4 is 9.64 Å². The van der Waals surface area contributed by atoms with Gasteiger partial charge in [-0.05, 0) is 101 Å². The Morgan fingerprint density at radius 2 is 1.68 bits per heavy atom. The lowest BCUT2D eigenvalue weighted by atomic mass is 9.93. The number of nitrogens with zero attached hydrogens (tertiary/aromatic N) is 3. The number of rotatable bonds is 12. The minimum atomic E-state index is -3.73. The lowest BCUT2D eigenvalue weighted by Crippen LogP contribution is -2.34. The normalized spacial score (nSPS) is 14.9. The number of carbonyl (C=O) groups is 1. The molecule has 7 nitrogen and oxygen atoms in total. The van der Waals surface area contributed by atoms with E-state index in [1.165, 1.54) is 17.8 Å². The number of ether oxygens (including phenoxy) is 1. The molecule has 1 heterocycles. The summed E-state index contributed by atoms with van der Waals surface area (Å²) in [4.78, 5) is 17.6. The first-order chi connectivity index (χ1) is 17.9. The number of ketones is 1. The second kappa shape index (κ2) is 13.3. The number of sulfonamides is 1. The summed E-state index contributed by atoms with van der Waals surface area (Å²) >= 11 is 6.64. The number of aryl methyl sites for hydroxylation is 2. The van der Waals surface area contributed by atoms with Crippen molar-refractivity contribution < 1.29 is 17.9 Å². The molecule has 0 N–H and O–H groups in total. The second-order valence-electron chi connectivity index (χ2n) is 10.7. The molecule has 0 radical (unpaired) electrons. The van der Waals surface area contributed by atoms with E-state index in [-0.39, 0.29) is 30.1 Å². The largest absolute Gasteiger partial charge is 0.497 e. The maximum atomic E-state index is 13.2. The molecular weight excluding hydrogens is 522 g/mol. The van der Waals surface area contributed by atoms with Crippen LogP contribution in [0.3, 0.4) is 0 Å². The zero-order chi connectivity index (χ0) is 28.0. The smallest absolute Gasteiger partial charge is 0.243 e. The first-order valence-electron chi connectivity index (χ1n) is 13.2. The number of halogens is 1. The van der Waals surface area contributed by atoms with Gasteiger partial charge < -0.3 is 14.5 Å². The number of hydrogen-bond acceptors (Lipinski definition) is 6. The molecule has 1 aliphatic heterocycles. The van der Waals surface area contributed by atoms with Crippen LogP contribution in [-0.4, -0.2) is 77.8 Å². The summed E-state index contributed by atoms with van der Waals surface area (Å²) in [7, 11) is 3.57. The Hall–Kier alpha value is -2.13. The summed E-state index contributed by atoms with van der Waals surface area (Å²) in [5, 5.41) is 0.659. The number of hydrogen-bond donors (Lipinski definition) is 0. The summed E-state index contributed by atoms with van der Waals surface area (Å²) in [6.07, 6.45) is 3.91. The van der Waals surface area contributed by atoms with E-state index in [9.17, 15) is 13.2 Å². The lowest BCUT2D eigenvalue weighted by Gasteiger charge is -2.34. The first kappa shape index (κ1) is 30.4. The van der Waals surface area contributed by atoms with Gasteiger partial charge in [-0.3, -0.25) is 4.79 Å². The fourth-order valence-electron chi connectivity index (χ4n) is 5.13. The Morgan fingerprint density at radius 3 is 2.24 bits per heavy atom. The van der Waals surface area contributed by atoms with Crippen molar-refractivity contribution in [2.45, 2.75) is 50.8 Å². The molecular formula is C29H42ClN3O4S. The van der Waals surface area contributed by atoms with Gasteiger partial charge in [-0.25, -0.2) is 12.7 Å². The minimum absolute atomic E-state index is 0.0271. The second-order valence-corrected chi connectivity index (χ2v) is 13.1. The highest BCUT2D eigenvalue weighted by atomic mass is 35.5. The van der Waals surface area contributed by atoms with Crippen LogP contribution in [0.1, 0.15) is 42.4 Å². The molecule has 0 unspecified atom stereocenters. The molecule has 0 aliphatic carbocycles. The molecule has 9 heteroatoms. The van der Waals surface area contributed by atoms with Crippen LogP contribution in [0.5, 0.6) is 5.75 Å². The molecule has 2 aromatic rings. The number of benzene rings is 2. The fourth-order valence-corrected chi connectivity index (χ4v) is 7.03. The zero-order valence-corrected chi connectivity index (χ0v) is 25.2. The van der Waals surface area contributed by atoms with Crippen molar-refractivity contribution in [1.29, 1.82) is 0 Å². The van der Waals surface area contributed by atoms with E-state index in [1.54, 1.807) is 33.1 Å². The number of methoxy groups -OCH3 is 1. The average molecular weight is 564 g/mol. The van der Waals surface area contributed by atoms with Crippen molar-refractivity contribution in [3.05, 3.63) is 52.0 Å².